The van der Waals surface area contributed by atoms with E-state index >= 15 is 0 Å². The number of halogens is 1. The molecule has 0 fully saturated rings. The zero-order valence-corrected chi connectivity index (χ0v) is 17.4. The highest BCUT2D eigenvalue weighted by atomic mass is 19.1. The summed E-state index contributed by atoms with van der Waals surface area (Å²) in [5.74, 6) is -0.928. The van der Waals surface area contributed by atoms with Crippen LogP contribution < -0.4 is 26.7 Å². The Morgan fingerprint density at radius 1 is 1.26 bits per heavy atom. The molecule has 0 radical (unpaired) electrons. The van der Waals surface area contributed by atoms with Gasteiger partial charge in [0.1, 0.15) is 11.5 Å². The highest BCUT2D eigenvalue weighted by molar-refractivity contribution is 6.36. The number of nitrogens with zero attached hydrogens (tertiary/aromatic N) is 1. The van der Waals surface area contributed by atoms with E-state index in [2.05, 4.69) is 38.4 Å². The van der Waals surface area contributed by atoms with E-state index in [1.54, 1.807) is 6.92 Å². The van der Waals surface area contributed by atoms with E-state index in [1.807, 2.05) is 0 Å². The van der Waals surface area contributed by atoms with Crippen LogP contribution in [0.25, 0.3) is 0 Å². The number of rotatable bonds is 14. The molecular formula is C20H27FN8O2. The number of hydrogen-bond acceptors (Lipinski definition) is 8. The van der Waals surface area contributed by atoms with Gasteiger partial charge in [-0.1, -0.05) is 6.58 Å². The SMILES string of the molecule is C=C(NCC(NC=O)(C(=O)NC)/C(=C/C=N)NCC)/C(C=N)=N/Nc1ccc(F)cc1. The molecule has 2 amide bonds. The molecule has 0 aromatic heterocycles. The van der Waals surface area contributed by atoms with Crippen LogP contribution in [-0.4, -0.2) is 56.1 Å². The Morgan fingerprint density at radius 3 is 2.45 bits per heavy atom. The van der Waals surface area contributed by atoms with Crippen molar-refractivity contribution in [2.24, 2.45) is 5.10 Å². The van der Waals surface area contributed by atoms with Crippen molar-refractivity contribution in [1.82, 2.24) is 21.3 Å². The van der Waals surface area contributed by atoms with E-state index in [1.165, 1.54) is 37.4 Å². The number of carbonyl (C=O) groups excluding carboxylic acids is 2. The van der Waals surface area contributed by atoms with Gasteiger partial charge in [-0.25, -0.2) is 4.39 Å². The summed E-state index contributed by atoms with van der Waals surface area (Å²) >= 11 is 0. The third-order valence-electron chi connectivity index (χ3n) is 4.16. The van der Waals surface area contributed by atoms with E-state index < -0.39 is 17.3 Å². The second-order valence-corrected chi connectivity index (χ2v) is 6.12. The highest BCUT2D eigenvalue weighted by Gasteiger charge is 2.41. The molecule has 31 heavy (non-hydrogen) atoms. The van der Waals surface area contributed by atoms with Crippen LogP contribution >= 0.6 is 0 Å². The highest BCUT2D eigenvalue weighted by Crippen LogP contribution is 2.15. The summed E-state index contributed by atoms with van der Waals surface area (Å²) in [5.41, 5.74) is 2.20. The van der Waals surface area contributed by atoms with Crippen molar-refractivity contribution < 1.29 is 14.0 Å². The van der Waals surface area contributed by atoms with Crippen molar-refractivity contribution >= 4 is 36.1 Å². The Balaban J connectivity index is 3.13. The summed E-state index contributed by atoms with van der Waals surface area (Å²) in [6.45, 7) is 5.92. The maximum absolute atomic E-state index is 13.0. The van der Waals surface area contributed by atoms with Gasteiger partial charge in [0.05, 0.1) is 17.9 Å². The van der Waals surface area contributed by atoms with Gasteiger partial charge in [0.2, 0.25) is 6.41 Å². The van der Waals surface area contributed by atoms with Crippen molar-refractivity contribution in [2.75, 3.05) is 25.6 Å². The summed E-state index contributed by atoms with van der Waals surface area (Å²) in [6, 6.07) is 5.48. The molecule has 0 saturated heterocycles. The number of carbonyl (C=O) groups is 2. The fraction of sp³-hybridized carbons (Fsp3) is 0.250. The number of nitrogens with one attached hydrogen (secondary N) is 7. The molecule has 0 aliphatic rings. The fourth-order valence-corrected chi connectivity index (χ4v) is 2.60. The number of benzene rings is 1. The number of hydrazone groups is 1. The normalized spacial score (nSPS) is 13.3. The lowest BCUT2D eigenvalue weighted by Gasteiger charge is -2.34. The average molecular weight is 430 g/mol. The first-order chi connectivity index (χ1) is 14.9. The molecule has 0 bridgehead atoms. The zero-order valence-electron chi connectivity index (χ0n) is 17.4. The van der Waals surface area contributed by atoms with Gasteiger partial charge in [-0.2, -0.15) is 5.10 Å². The molecule has 166 valence electrons. The molecule has 0 aliphatic heterocycles. The Hall–Kier alpha value is -4.02. The molecule has 0 spiro atoms. The number of amides is 2. The third kappa shape index (κ3) is 6.77. The molecule has 11 heteroatoms. The van der Waals surface area contributed by atoms with E-state index in [9.17, 15) is 14.0 Å². The van der Waals surface area contributed by atoms with Crippen LogP contribution in [0.2, 0.25) is 0 Å². The van der Waals surface area contributed by atoms with Gasteiger partial charge in [0, 0.05) is 31.7 Å². The summed E-state index contributed by atoms with van der Waals surface area (Å²) < 4.78 is 13.0. The van der Waals surface area contributed by atoms with Crippen LogP contribution in [0.15, 0.2) is 53.4 Å². The van der Waals surface area contributed by atoms with Gasteiger partial charge in [-0.15, -0.1) is 0 Å². The zero-order chi connectivity index (χ0) is 23.3. The van der Waals surface area contributed by atoms with Gasteiger partial charge in [-0.3, -0.25) is 15.0 Å². The molecule has 7 N–H and O–H groups in total. The molecule has 1 unspecified atom stereocenters. The van der Waals surface area contributed by atoms with E-state index in [4.69, 9.17) is 10.8 Å². The largest absolute Gasteiger partial charge is 0.386 e. The predicted molar refractivity (Wildman–Crippen MR) is 120 cm³/mol. The van der Waals surface area contributed by atoms with Crippen molar-refractivity contribution in [3.05, 3.63) is 54.1 Å². The van der Waals surface area contributed by atoms with Gasteiger partial charge < -0.3 is 32.1 Å². The smallest absolute Gasteiger partial charge is 0.253 e. The Bertz CT molecular complexity index is 866. The van der Waals surface area contributed by atoms with Crippen molar-refractivity contribution in [3.8, 4) is 0 Å². The molecule has 0 heterocycles. The Morgan fingerprint density at radius 2 is 1.94 bits per heavy atom. The molecule has 0 saturated carbocycles. The van der Waals surface area contributed by atoms with Gasteiger partial charge in [-0.05, 0) is 37.3 Å². The van der Waals surface area contributed by atoms with Crippen LogP contribution in [-0.2, 0) is 9.59 Å². The molecule has 1 aromatic rings. The minimum Gasteiger partial charge on any atom is -0.386 e. The number of allylic oxidation sites excluding steroid dienone is 2. The van der Waals surface area contributed by atoms with Crippen molar-refractivity contribution in [1.29, 1.82) is 10.8 Å². The van der Waals surface area contributed by atoms with Gasteiger partial charge in [0.25, 0.3) is 5.91 Å². The van der Waals surface area contributed by atoms with Crippen LogP contribution in [0.3, 0.4) is 0 Å². The second-order valence-electron chi connectivity index (χ2n) is 6.12. The lowest BCUT2D eigenvalue weighted by atomic mass is 9.92. The van der Waals surface area contributed by atoms with Crippen molar-refractivity contribution in [2.45, 2.75) is 12.5 Å². The summed E-state index contributed by atoms with van der Waals surface area (Å²) in [7, 11) is 1.42. The average Bonchev–Trinajstić information content (AvgIpc) is 2.77. The van der Waals surface area contributed by atoms with Crippen LogP contribution in [0.4, 0.5) is 10.1 Å². The van der Waals surface area contributed by atoms with Crippen LogP contribution in [0.1, 0.15) is 6.92 Å². The molecule has 0 aliphatic carbocycles. The number of anilines is 1. The Labute approximate surface area is 180 Å². The third-order valence-corrected chi connectivity index (χ3v) is 4.16. The van der Waals surface area contributed by atoms with Gasteiger partial charge in [0.15, 0.2) is 5.54 Å². The summed E-state index contributed by atoms with van der Waals surface area (Å²) in [6.07, 6.45) is 3.69. The molecule has 1 atom stereocenters. The summed E-state index contributed by atoms with van der Waals surface area (Å²) in [5, 5.41) is 29.9. The van der Waals surface area contributed by atoms with Gasteiger partial charge >= 0.3 is 0 Å². The van der Waals surface area contributed by atoms with Crippen LogP contribution in [0, 0.1) is 16.6 Å². The first-order valence-corrected chi connectivity index (χ1v) is 9.30. The minimum atomic E-state index is -1.58. The monoisotopic (exact) mass is 430 g/mol. The van der Waals surface area contributed by atoms with Crippen LogP contribution in [0.5, 0.6) is 0 Å². The van der Waals surface area contributed by atoms with E-state index in [-0.39, 0.29) is 23.7 Å². The minimum absolute atomic E-state index is 0.113. The first kappa shape index (κ1) is 25.0. The molecular weight excluding hydrogens is 403 g/mol. The standard InChI is InChI=1S/C20H27FN8O2/c1-4-25-18(9-10-22)20(27-13-30,19(31)24-3)12-26-14(2)17(11-23)29-28-16-7-5-15(21)6-8-16/h5-11,13,22-23,25-26,28H,2,4,12H2,1,3H3,(H,24,31)(H,27,30)/b18-9-,22-10?,23-11?,29-17+. The molecule has 10 nitrogen and oxygen atoms in total. The van der Waals surface area contributed by atoms with Crippen molar-refractivity contribution in [3.63, 3.8) is 0 Å². The fourth-order valence-electron chi connectivity index (χ4n) is 2.60. The van der Waals surface area contributed by atoms with E-state index in [0.29, 0.717) is 18.6 Å². The molecule has 1 aromatic carbocycles. The maximum Gasteiger partial charge on any atom is 0.253 e. The lowest BCUT2D eigenvalue weighted by Crippen LogP contribution is -2.64. The predicted octanol–water partition coefficient (Wildman–Crippen LogP) is 0.720. The first-order valence-electron chi connectivity index (χ1n) is 9.30. The topological polar surface area (TPSA) is 154 Å². The molecule has 1 rings (SSSR count). The quantitative estimate of drug-likeness (QED) is 0.132. The lowest BCUT2D eigenvalue weighted by molar-refractivity contribution is -0.128. The Kier molecular flexibility index (Phi) is 10.1. The number of hydrogen-bond donors (Lipinski definition) is 7. The summed E-state index contributed by atoms with van der Waals surface area (Å²) in [4.78, 5) is 24.1. The maximum atomic E-state index is 13.0. The second kappa shape index (κ2) is 12.5. The van der Waals surface area contributed by atoms with E-state index in [0.717, 1.165) is 12.4 Å². The number of likely N-dealkylation sites (N-methyl/N-ethyl adjacent to an activating group) is 2.